The van der Waals surface area contributed by atoms with E-state index in [1.165, 1.54) is 25.8 Å². The minimum absolute atomic E-state index is 0.814. The van der Waals surface area contributed by atoms with Crippen LogP contribution in [0.2, 0.25) is 0 Å². The largest absolute Gasteiger partial charge is 0.330 e. The minimum Gasteiger partial charge on any atom is -0.330 e. The normalized spacial score (nSPS) is 29.5. The highest BCUT2D eigenvalue weighted by atomic mass is 14.9. The van der Waals surface area contributed by atoms with Gasteiger partial charge in [-0.3, -0.25) is 0 Å². The van der Waals surface area contributed by atoms with E-state index in [0.717, 1.165) is 31.3 Å². The Morgan fingerprint density at radius 2 is 2.25 bits per heavy atom. The molecule has 0 radical (unpaired) electrons. The van der Waals surface area contributed by atoms with Gasteiger partial charge in [0.1, 0.15) is 0 Å². The molecule has 0 aromatic rings. The van der Waals surface area contributed by atoms with Crippen molar-refractivity contribution in [2.45, 2.75) is 32.6 Å². The Hall–Kier alpha value is -0.0800. The molecular weight excluding hydrogens is 148 g/mol. The van der Waals surface area contributed by atoms with Crippen molar-refractivity contribution in [3.63, 3.8) is 0 Å². The summed E-state index contributed by atoms with van der Waals surface area (Å²) in [7, 11) is 0. The summed E-state index contributed by atoms with van der Waals surface area (Å²) in [6.45, 7) is 5.49. The average molecular weight is 170 g/mol. The molecule has 2 atom stereocenters. The Labute approximate surface area is 75.9 Å². The lowest BCUT2D eigenvalue weighted by atomic mass is 10.1. The molecule has 2 nitrogen and oxygen atoms in total. The highest BCUT2D eigenvalue weighted by Gasteiger charge is 2.20. The second kappa shape index (κ2) is 5.55. The monoisotopic (exact) mass is 170 g/mol. The van der Waals surface area contributed by atoms with Crippen molar-refractivity contribution in [3.8, 4) is 0 Å². The van der Waals surface area contributed by atoms with Gasteiger partial charge >= 0.3 is 0 Å². The van der Waals surface area contributed by atoms with Gasteiger partial charge in [0.2, 0.25) is 0 Å². The average Bonchev–Trinajstić information content (AvgIpc) is 2.45. The van der Waals surface area contributed by atoms with Crippen LogP contribution in [0.15, 0.2) is 0 Å². The van der Waals surface area contributed by atoms with Crippen LogP contribution in [-0.4, -0.2) is 19.6 Å². The van der Waals surface area contributed by atoms with E-state index in [9.17, 15) is 0 Å². The van der Waals surface area contributed by atoms with E-state index in [1.807, 2.05) is 0 Å². The third-order valence-electron chi connectivity index (χ3n) is 2.79. The molecule has 3 N–H and O–H groups in total. The zero-order valence-electron chi connectivity index (χ0n) is 8.18. The van der Waals surface area contributed by atoms with E-state index in [4.69, 9.17) is 5.73 Å². The summed E-state index contributed by atoms with van der Waals surface area (Å²) in [5.41, 5.74) is 5.40. The van der Waals surface area contributed by atoms with Crippen molar-refractivity contribution in [1.82, 2.24) is 5.32 Å². The summed E-state index contributed by atoms with van der Waals surface area (Å²) in [6.07, 6.45) is 5.40. The molecule has 0 amide bonds. The predicted octanol–water partition coefficient (Wildman–Crippen LogP) is 1.36. The summed E-state index contributed by atoms with van der Waals surface area (Å²) in [5, 5.41) is 3.47. The quantitative estimate of drug-likeness (QED) is 0.611. The summed E-state index contributed by atoms with van der Waals surface area (Å²) in [6, 6.07) is 0. The van der Waals surface area contributed by atoms with E-state index in [2.05, 4.69) is 12.2 Å². The minimum atomic E-state index is 0.814. The molecule has 0 saturated heterocycles. The summed E-state index contributed by atoms with van der Waals surface area (Å²) >= 11 is 0. The molecule has 12 heavy (non-hydrogen) atoms. The van der Waals surface area contributed by atoms with Crippen molar-refractivity contribution in [3.05, 3.63) is 0 Å². The Kier molecular flexibility index (Phi) is 4.62. The maximum absolute atomic E-state index is 5.40. The molecule has 1 fully saturated rings. The number of rotatable bonds is 5. The zero-order valence-corrected chi connectivity index (χ0v) is 8.18. The number of hydrogen-bond donors (Lipinski definition) is 2. The van der Waals surface area contributed by atoms with Crippen LogP contribution in [0.25, 0.3) is 0 Å². The van der Waals surface area contributed by atoms with E-state index in [-0.39, 0.29) is 0 Å². The first-order valence-electron chi connectivity index (χ1n) is 5.23. The van der Waals surface area contributed by atoms with Crippen LogP contribution in [0, 0.1) is 11.8 Å². The van der Waals surface area contributed by atoms with E-state index < -0.39 is 0 Å². The Balaban J connectivity index is 1.93. The van der Waals surface area contributed by atoms with Crippen LogP contribution in [0.3, 0.4) is 0 Å². The standard InChI is InChI=1S/C10H22N2/c1-9-3-4-10(7-9)8-12-6-2-5-11/h9-10,12H,2-8,11H2,1H3. The van der Waals surface area contributed by atoms with Gasteiger partial charge in [-0.15, -0.1) is 0 Å². The Bertz CT molecular complexity index is 114. The first-order valence-corrected chi connectivity index (χ1v) is 5.23. The molecular formula is C10H22N2. The van der Waals surface area contributed by atoms with E-state index in [0.29, 0.717) is 0 Å². The van der Waals surface area contributed by atoms with Crippen molar-refractivity contribution >= 4 is 0 Å². The van der Waals surface area contributed by atoms with Crippen molar-refractivity contribution in [2.24, 2.45) is 17.6 Å². The third-order valence-corrected chi connectivity index (χ3v) is 2.79. The summed E-state index contributed by atoms with van der Waals surface area (Å²) in [4.78, 5) is 0. The highest BCUT2D eigenvalue weighted by Crippen LogP contribution is 2.29. The fourth-order valence-electron chi connectivity index (χ4n) is 2.04. The van der Waals surface area contributed by atoms with Crippen LogP contribution >= 0.6 is 0 Å². The molecule has 0 spiro atoms. The zero-order chi connectivity index (χ0) is 8.81. The Morgan fingerprint density at radius 1 is 1.42 bits per heavy atom. The van der Waals surface area contributed by atoms with Crippen LogP contribution in [0.5, 0.6) is 0 Å². The predicted molar refractivity (Wildman–Crippen MR) is 53.0 cm³/mol. The van der Waals surface area contributed by atoms with Gasteiger partial charge in [-0.05, 0) is 50.7 Å². The number of hydrogen-bond acceptors (Lipinski definition) is 2. The first kappa shape index (κ1) is 10.0. The fourth-order valence-corrected chi connectivity index (χ4v) is 2.04. The van der Waals surface area contributed by atoms with Gasteiger partial charge in [-0.25, -0.2) is 0 Å². The maximum atomic E-state index is 5.40. The summed E-state index contributed by atoms with van der Waals surface area (Å²) in [5.74, 6) is 1.91. The number of nitrogens with one attached hydrogen (secondary N) is 1. The molecule has 2 heteroatoms. The third kappa shape index (κ3) is 3.55. The van der Waals surface area contributed by atoms with Crippen molar-refractivity contribution in [1.29, 1.82) is 0 Å². The van der Waals surface area contributed by atoms with Crippen LogP contribution < -0.4 is 11.1 Å². The molecule has 1 aliphatic carbocycles. The van der Waals surface area contributed by atoms with Gasteiger partial charge in [0.15, 0.2) is 0 Å². The van der Waals surface area contributed by atoms with Crippen molar-refractivity contribution < 1.29 is 0 Å². The molecule has 1 saturated carbocycles. The molecule has 72 valence electrons. The highest BCUT2D eigenvalue weighted by molar-refractivity contribution is 4.74. The smallest absolute Gasteiger partial charge is 0.00204 e. The molecule has 2 unspecified atom stereocenters. The second-order valence-corrected chi connectivity index (χ2v) is 4.13. The molecule has 0 heterocycles. The Morgan fingerprint density at radius 3 is 2.83 bits per heavy atom. The van der Waals surface area contributed by atoms with Crippen LogP contribution in [0.4, 0.5) is 0 Å². The topological polar surface area (TPSA) is 38.0 Å². The van der Waals surface area contributed by atoms with Gasteiger partial charge < -0.3 is 11.1 Å². The summed E-state index contributed by atoms with van der Waals surface area (Å²) < 4.78 is 0. The van der Waals surface area contributed by atoms with Gasteiger partial charge in [0, 0.05) is 0 Å². The maximum Gasteiger partial charge on any atom is -0.00204 e. The lowest BCUT2D eigenvalue weighted by Crippen LogP contribution is -2.24. The molecule has 0 aliphatic heterocycles. The van der Waals surface area contributed by atoms with Gasteiger partial charge in [-0.2, -0.15) is 0 Å². The molecule has 0 aromatic heterocycles. The first-order chi connectivity index (χ1) is 5.83. The van der Waals surface area contributed by atoms with Gasteiger partial charge in [-0.1, -0.05) is 13.3 Å². The van der Waals surface area contributed by atoms with Crippen LogP contribution in [0.1, 0.15) is 32.6 Å². The van der Waals surface area contributed by atoms with E-state index in [1.54, 1.807) is 0 Å². The SMILES string of the molecule is CC1CCC(CNCCCN)C1. The molecule has 1 rings (SSSR count). The lowest BCUT2D eigenvalue weighted by Gasteiger charge is -2.10. The molecule has 1 aliphatic rings. The lowest BCUT2D eigenvalue weighted by molar-refractivity contribution is 0.469. The molecule has 0 aromatic carbocycles. The molecule has 0 bridgehead atoms. The van der Waals surface area contributed by atoms with Gasteiger partial charge in [0.05, 0.1) is 0 Å². The number of nitrogens with two attached hydrogens (primary N) is 1. The van der Waals surface area contributed by atoms with Gasteiger partial charge in [0.25, 0.3) is 0 Å². The van der Waals surface area contributed by atoms with Crippen molar-refractivity contribution in [2.75, 3.05) is 19.6 Å². The second-order valence-electron chi connectivity index (χ2n) is 4.13. The van der Waals surface area contributed by atoms with E-state index >= 15 is 0 Å². The van der Waals surface area contributed by atoms with Crippen LogP contribution in [-0.2, 0) is 0 Å². The fraction of sp³-hybridized carbons (Fsp3) is 1.00.